The van der Waals surface area contributed by atoms with E-state index in [9.17, 15) is 9.59 Å². The number of esters is 1. The van der Waals surface area contributed by atoms with E-state index in [1.165, 1.54) is 6.08 Å². The molecule has 2 N–H and O–H groups in total. The summed E-state index contributed by atoms with van der Waals surface area (Å²) in [6.45, 7) is 5.87. The average molecular weight is 498 g/mol. The van der Waals surface area contributed by atoms with Gasteiger partial charge in [-0.25, -0.2) is 14.8 Å². The lowest BCUT2D eigenvalue weighted by atomic mass is 9.53. The van der Waals surface area contributed by atoms with Crippen molar-refractivity contribution in [3.8, 4) is 11.3 Å². The number of ether oxygens (including phenoxy) is 1. The van der Waals surface area contributed by atoms with Gasteiger partial charge in [0.15, 0.2) is 0 Å². The number of fused-ring (bicyclic) bond motifs is 3. The van der Waals surface area contributed by atoms with Crippen molar-refractivity contribution in [2.75, 3.05) is 17.2 Å². The number of nitrogens with zero attached hydrogens (tertiary/aromatic N) is 3. The molecule has 6 rings (SSSR count). The van der Waals surface area contributed by atoms with E-state index in [-0.39, 0.29) is 22.7 Å². The van der Waals surface area contributed by atoms with Crippen LogP contribution < -0.4 is 10.6 Å². The van der Waals surface area contributed by atoms with Crippen LogP contribution in [0.2, 0.25) is 0 Å². The third kappa shape index (κ3) is 5.23. The van der Waals surface area contributed by atoms with Crippen LogP contribution in [0.25, 0.3) is 11.3 Å². The number of pyridine rings is 1. The molecular weight excluding hydrogens is 466 g/mol. The molecule has 3 aliphatic carbocycles. The number of benzene rings is 1. The second kappa shape index (κ2) is 10.1. The highest BCUT2D eigenvalue weighted by Gasteiger charge is 2.52. The molecular formula is C29H31N5O3. The van der Waals surface area contributed by atoms with Gasteiger partial charge in [0.25, 0.3) is 0 Å². The van der Waals surface area contributed by atoms with Gasteiger partial charge in [-0.1, -0.05) is 12.6 Å². The predicted octanol–water partition coefficient (Wildman–Crippen LogP) is 5.60. The van der Waals surface area contributed by atoms with Gasteiger partial charge >= 0.3 is 5.97 Å². The summed E-state index contributed by atoms with van der Waals surface area (Å²) in [5.74, 6) is 0.153. The Bertz CT molecular complexity index is 1300. The quantitative estimate of drug-likeness (QED) is 0.308. The molecule has 3 aromatic rings. The van der Waals surface area contributed by atoms with Crippen molar-refractivity contribution in [3.63, 3.8) is 0 Å². The molecule has 2 heterocycles. The second-order valence-corrected chi connectivity index (χ2v) is 10.2. The molecule has 1 aromatic carbocycles. The van der Waals surface area contributed by atoms with Gasteiger partial charge in [0.05, 0.1) is 12.3 Å². The van der Waals surface area contributed by atoms with E-state index in [1.807, 2.05) is 43.3 Å². The minimum atomic E-state index is -0.382. The molecule has 1 amide bonds. The van der Waals surface area contributed by atoms with Crippen LogP contribution in [0.4, 0.5) is 17.3 Å². The summed E-state index contributed by atoms with van der Waals surface area (Å²) in [4.78, 5) is 38.1. The summed E-state index contributed by atoms with van der Waals surface area (Å²) < 4.78 is 5.37. The highest BCUT2D eigenvalue weighted by molar-refractivity contribution is 5.96. The first-order chi connectivity index (χ1) is 17.9. The van der Waals surface area contributed by atoms with Crippen molar-refractivity contribution < 1.29 is 14.3 Å². The van der Waals surface area contributed by atoms with Crippen molar-refractivity contribution >= 4 is 29.2 Å². The lowest BCUT2D eigenvalue weighted by Crippen LogP contribution is -2.49. The van der Waals surface area contributed by atoms with Gasteiger partial charge in [-0.3, -0.25) is 9.78 Å². The van der Waals surface area contributed by atoms with Crippen molar-refractivity contribution in [1.29, 1.82) is 0 Å². The zero-order valence-corrected chi connectivity index (χ0v) is 21.0. The zero-order valence-electron chi connectivity index (χ0n) is 21.0. The fourth-order valence-electron chi connectivity index (χ4n) is 5.42. The number of hydrogen-bond donors (Lipinski definition) is 2. The van der Waals surface area contributed by atoms with Crippen molar-refractivity contribution in [3.05, 3.63) is 73.2 Å². The van der Waals surface area contributed by atoms with Crippen LogP contribution in [-0.2, 0) is 14.3 Å². The van der Waals surface area contributed by atoms with Crippen LogP contribution in [0.15, 0.2) is 67.6 Å². The van der Waals surface area contributed by atoms with Crippen LogP contribution in [0.1, 0.15) is 44.1 Å². The molecule has 0 aliphatic heterocycles. The molecule has 2 bridgehead atoms. The minimum absolute atomic E-state index is 0.00794. The largest absolute Gasteiger partial charge is 0.462 e. The first-order valence-corrected chi connectivity index (χ1v) is 12.6. The number of amides is 1. The van der Waals surface area contributed by atoms with E-state index in [0.717, 1.165) is 66.7 Å². The Hall–Kier alpha value is -4.07. The first-order valence-electron chi connectivity index (χ1n) is 12.6. The van der Waals surface area contributed by atoms with E-state index < -0.39 is 0 Å². The van der Waals surface area contributed by atoms with E-state index in [0.29, 0.717) is 12.6 Å². The summed E-state index contributed by atoms with van der Waals surface area (Å²) in [5.41, 5.74) is 3.88. The third-order valence-electron chi connectivity index (χ3n) is 7.93. The molecule has 3 aliphatic rings. The number of nitrogens with one attached hydrogen (secondary N) is 2. The number of carbonyl (C=O) groups is 2. The van der Waals surface area contributed by atoms with Crippen LogP contribution in [0, 0.1) is 17.8 Å². The lowest BCUT2D eigenvalue weighted by Gasteiger charge is -2.52. The molecule has 2 aromatic heterocycles. The maximum absolute atomic E-state index is 13.5. The maximum atomic E-state index is 13.5. The summed E-state index contributed by atoms with van der Waals surface area (Å²) in [5, 5.41) is 6.46. The minimum Gasteiger partial charge on any atom is -0.462 e. The fourth-order valence-corrected chi connectivity index (χ4v) is 5.42. The molecule has 8 heteroatoms. The van der Waals surface area contributed by atoms with Gasteiger partial charge in [-0.15, -0.1) is 0 Å². The van der Waals surface area contributed by atoms with Crippen molar-refractivity contribution in [2.45, 2.75) is 45.4 Å². The Kier molecular flexibility index (Phi) is 6.74. The number of aromatic nitrogens is 3. The molecule has 190 valence electrons. The van der Waals surface area contributed by atoms with Gasteiger partial charge in [0.1, 0.15) is 0 Å². The average Bonchev–Trinajstić information content (AvgIpc) is 2.95. The summed E-state index contributed by atoms with van der Waals surface area (Å²) in [6.07, 6.45) is 11.5. The maximum Gasteiger partial charge on any atom is 0.330 e. The highest BCUT2D eigenvalue weighted by Crippen LogP contribution is 2.57. The summed E-state index contributed by atoms with van der Waals surface area (Å²) in [6, 6.07) is 11.5. The molecule has 0 saturated heterocycles. The molecule has 3 saturated carbocycles. The molecule has 8 nitrogen and oxygen atoms in total. The van der Waals surface area contributed by atoms with Crippen molar-refractivity contribution in [2.24, 2.45) is 10.8 Å². The Labute approximate surface area is 216 Å². The third-order valence-corrected chi connectivity index (χ3v) is 7.93. The summed E-state index contributed by atoms with van der Waals surface area (Å²) in [7, 11) is 0. The Morgan fingerprint density at radius 1 is 1.08 bits per heavy atom. The SMILES string of the molecule is C=CC(=O)OCC12CCC(C(=O)Nc3ccc(C)c(Nc4nccc(-c5cccnc5)n4)c3)(CC1)CC2. The topological polar surface area (TPSA) is 106 Å². The normalized spacial score (nSPS) is 22.2. The van der Waals surface area contributed by atoms with Gasteiger partial charge in [-0.2, -0.15) is 0 Å². The fraction of sp³-hybridized carbons (Fsp3) is 0.345. The number of rotatable bonds is 8. The molecule has 37 heavy (non-hydrogen) atoms. The Morgan fingerprint density at radius 2 is 1.86 bits per heavy atom. The number of hydrogen-bond acceptors (Lipinski definition) is 7. The molecule has 3 fully saturated rings. The van der Waals surface area contributed by atoms with Crippen LogP contribution in [-0.4, -0.2) is 33.4 Å². The van der Waals surface area contributed by atoms with Gasteiger partial charge in [0, 0.05) is 52.4 Å². The standard InChI is InChI=1S/C29H31N5O3/c1-3-25(35)37-19-28-9-12-29(13-10-28,14-11-28)26(36)32-22-7-6-20(2)24(17-22)34-27-31-16-8-23(33-27)21-5-4-15-30-18-21/h3-8,15-18H,1,9-14,19H2,2H3,(H,32,36)(H,31,33,34). The molecule has 0 spiro atoms. The Morgan fingerprint density at radius 3 is 2.57 bits per heavy atom. The summed E-state index contributed by atoms with van der Waals surface area (Å²) >= 11 is 0. The predicted molar refractivity (Wildman–Crippen MR) is 142 cm³/mol. The molecule has 0 unspecified atom stereocenters. The lowest BCUT2D eigenvalue weighted by molar-refractivity contribution is -0.150. The van der Waals surface area contributed by atoms with Gasteiger partial charge in [0.2, 0.25) is 11.9 Å². The second-order valence-electron chi connectivity index (χ2n) is 10.2. The van der Waals surface area contributed by atoms with E-state index in [2.05, 4.69) is 32.2 Å². The molecule has 0 radical (unpaired) electrons. The highest BCUT2D eigenvalue weighted by atomic mass is 16.5. The van der Waals surface area contributed by atoms with Crippen LogP contribution in [0.5, 0.6) is 0 Å². The number of anilines is 3. The monoisotopic (exact) mass is 497 g/mol. The Balaban J connectivity index is 1.26. The van der Waals surface area contributed by atoms with E-state index >= 15 is 0 Å². The van der Waals surface area contributed by atoms with E-state index in [4.69, 9.17) is 4.74 Å². The first kappa shape index (κ1) is 24.6. The number of aryl methyl sites for hydroxylation is 1. The zero-order chi connectivity index (χ0) is 25.9. The van der Waals surface area contributed by atoms with Crippen molar-refractivity contribution in [1.82, 2.24) is 15.0 Å². The van der Waals surface area contributed by atoms with Gasteiger partial charge in [-0.05, 0) is 81.3 Å². The smallest absolute Gasteiger partial charge is 0.330 e. The van der Waals surface area contributed by atoms with E-state index in [1.54, 1.807) is 18.6 Å². The number of carbonyl (C=O) groups excluding carboxylic acids is 2. The molecule has 0 atom stereocenters. The van der Waals surface area contributed by atoms with Gasteiger partial charge < -0.3 is 15.4 Å². The van der Waals surface area contributed by atoms with Crippen LogP contribution in [0.3, 0.4) is 0 Å². The van der Waals surface area contributed by atoms with Crippen LogP contribution >= 0.6 is 0 Å².